The quantitative estimate of drug-likeness (QED) is 0.808. The van der Waals surface area contributed by atoms with Gasteiger partial charge in [0.05, 0.1) is 5.41 Å². The lowest BCUT2D eigenvalue weighted by molar-refractivity contribution is -0.154. The Labute approximate surface area is 121 Å². The first-order valence-electron chi connectivity index (χ1n) is 7.54. The molecule has 1 rings (SSSR count). The molecule has 116 valence electrons. The fraction of sp³-hybridized carbons (Fsp3) is 0.867. The number of hydrogen-bond acceptors (Lipinski definition) is 3. The molecule has 1 atom stereocenters. The molecule has 1 N–H and O–H groups in total. The molecule has 5 nitrogen and oxygen atoms in total. The molecule has 1 aliphatic rings. The number of aliphatic carboxylic acids is 1. The van der Waals surface area contributed by atoms with Crippen LogP contribution >= 0.6 is 0 Å². The van der Waals surface area contributed by atoms with Gasteiger partial charge in [0, 0.05) is 26.1 Å². The van der Waals surface area contributed by atoms with Gasteiger partial charge in [-0.2, -0.15) is 0 Å². The van der Waals surface area contributed by atoms with Crippen molar-refractivity contribution in [3.05, 3.63) is 0 Å². The molecule has 0 aromatic rings. The van der Waals surface area contributed by atoms with Crippen LogP contribution in [0, 0.1) is 5.41 Å². The van der Waals surface area contributed by atoms with Crippen molar-refractivity contribution in [2.75, 3.05) is 27.2 Å². The molecule has 0 aromatic heterocycles. The fourth-order valence-electron chi connectivity index (χ4n) is 2.95. The Morgan fingerprint density at radius 1 is 1.35 bits per heavy atom. The van der Waals surface area contributed by atoms with Gasteiger partial charge >= 0.3 is 5.97 Å². The van der Waals surface area contributed by atoms with E-state index in [1.54, 1.807) is 4.90 Å². The Hall–Kier alpha value is -1.10. The summed E-state index contributed by atoms with van der Waals surface area (Å²) in [5.74, 6) is -0.901. The number of likely N-dealkylation sites (N-methyl/N-ethyl adjacent to an activating group) is 2. The average Bonchev–Trinajstić information content (AvgIpc) is 2.43. The summed E-state index contributed by atoms with van der Waals surface area (Å²) in [6, 6.07) is 0.210. The van der Waals surface area contributed by atoms with Crippen LogP contribution in [-0.2, 0) is 9.59 Å². The summed E-state index contributed by atoms with van der Waals surface area (Å²) in [6.07, 6.45) is 3.17. The Balaban J connectivity index is 2.71. The highest BCUT2D eigenvalue weighted by Crippen LogP contribution is 2.32. The van der Waals surface area contributed by atoms with Gasteiger partial charge in [0.2, 0.25) is 5.91 Å². The maximum atomic E-state index is 12.4. The van der Waals surface area contributed by atoms with Crippen molar-refractivity contribution in [1.29, 1.82) is 0 Å². The van der Waals surface area contributed by atoms with Gasteiger partial charge in [0.15, 0.2) is 0 Å². The fourth-order valence-corrected chi connectivity index (χ4v) is 2.95. The summed E-state index contributed by atoms with van der Waals surface area (Å²) < 4.78 is 0. The Bertz CT molecular complexity index is 353. The molecule has 0 aromatic carbocycles. The van der Waals surface area contributed by atoms with Crippen molar-refractivity contribution in [3.63, 3.8) is 0 Å². The molecular formula is C15H28N2O3. The van der Waals surface area contributed by atoms with Crippen LogP contribution in [0.25, 0.3) is 0 Å². The van der Waals surface area contributed by atoms with Crippen LogP contribution in [0.2, 0.25) is 0 Å². The maximum absolute atomic E-state index is 12.4. The number of likely N-dealkylation sites (tertiary alicyclic amines) is 1. The van der Waals surface area contributed by atoms with E-state index in [4.69, 9.17) is 0 Å². The van der Waals surface area contributed by atoms with Crippen molar-refractivity contribution in [2.24, 2.45) is 5.41 Å². The summed E-state index contributed by atoms with van der Waals surface area (Å²) in [5.41, 5.74) is -0.911. The van der Waals surface area contributed by atoms with E-state index in [-0.39, 0.29) is 18.4 Å². The van der Waals surface area contributed by atoms with E-state index in [1.807, 2.05) is 20.9 Å². The summed E-state index contributed by atoms with van der Waals surface area (Å²) in [7, 11) is 3.87. The highest BCUT2D eigenvalue weighted by Gasteiger charge is 2.39. The minimum atomic E-state index is -0.911. The zero-order valence-corrected chi connectivity index (χ0v) is 13.2. The Morgan fingerprint density at radius 2 is 1.95 bits per heavy atom. The standard InChI is InChI=1S/C15H28N2O3/c1-5-15(6-2,14(19)20)10-13(18)17(4)12-8-7-9-16(3)11-12/h12H,5-11H2,1-4H3,(H,19,20). The van der Waals surface area contributed by atoms with E-state index in [0.717, 1.165) is 25.9 Å². The SMILES string of the molecule is CCC(CC)(CC(=O)N(C)C1CCCN(C)C1)C(=O)O. The first kappa shape index (κ1) is 17.0. The molecule has 1 heterocycles. The number of rotatable bonds is 6. The molecule has 20 heavy (non-hydrogen) atoms. The lowest BCUT2D eigenvalue weighted by Crippen LogP contribution is -2.48. The highest BCUT2D eigenvalue weighted by molar-refractivity contribution is 5.85. The van der Waals surface area contributed by atoms with Crippen LogP contribution in [0.5, 0.6) is 0 Å². The third-order valence-corrected chi connectivity index (χ3v) is 4.84. The predicted molar refractivity (Wildman–Crippen MR) is 78.6 cm³/mol. The minimum Gasteiger partial charge on any atom is -0.481 e. The number of carbonyl (C=O) groups is 2. The van der Waals surface area contributed by atoms with Crippen molar-refractivity contribution < 1.29 is 14.7 Å². The Kier molecular flexibility index (Phi) is 5.99. The van der Waals surface area contributed by atoms with E-state index < -0.39 is 11.4 Å². The molecule has 1 unspecified atom stereocenters. The number of amides is 1. The van der Waals surface area contributed by atoms with Crippen LogP contribution < -0.4 is 0 Å². The highest BCUT2D eigenvalue weighted by atomic mass is 16.4. The lowest BCUT2D eigenvalue weighted by Gasteiger charge is -2.37. The minimum absolute atomic E-state index is 0.0450. The number of carbonyl (C=O) groups excluding carboxylic acids is 1. The number of piperidine rings is 1. The smallest absolute Gasteiger partial charge is 0.310 e. The third-order valence-electron chi connectivity index (χ3n) is 4.84. The van der Waals surface area contributed by atoms with Crippen LogP contribution in [-0.4, -0.2) is 60.0 Å². The van der Waals surface area contributed by atoms with E-state index >= 15 is 0 Å². The van der Waals surface area contributed by atoms with Gasteiger partial charge in [-0.1, -0.05) is 13.8 Å². The van der Waals surface area contributed by atoms with E-state index in [0.29, 0.717) is 12.8 Å². The van der Waals surface area contributed by atoms with Crippen molar-refractivity contribution in [3.8, 4) is 0 Å². The van der Waals surface area contributed by atoms with Crippen molar-refractivity contribution in [2.45, 2.75) is 52.0 Å². The van der Waals surface area contributed by atoms with Crippen LogP contribution in [0.3, 0.4) is 0 Å². The largest absolute Gasteiger partial charge is 0.481 e. The van der Waals surface area contributed by atoms with E-state index in [1.165, 1.54) is 0 Å². The second-order valence-corrected chi connectivity index (χ2v) is 6.03. The topological polar surface area (TPSA) is 60.9 Å². The second kappa shape index (κ2) is 7.07. The first-order valence-corrected chi connectivity index (χ1v) is 7.54. The zero-order valence-electron chi connectivity index (χ0n) is 13.2. The molecule has 0 saturated carbocycles. The van der Waals surface area contributed by atoms with Gasteiger partial charge in [-0.05, 0) is 39.3 Å². The summed E-state index contributed by atoms with van der Waals surface area (Å²) in [6.45, 7) is 5.64. The molecular weight excluding hydrogens is 256 g/mol. The normalized spacial score (nSPS) is 20.7. The predicted octanol–water partition coefficient (Wildman–Crippen LogP) is 1.82. The van der Waals surface area contributed by atoms with Gasteiger partial charge in [0.25, 0.3) is 0 Å². The van der Waals surface area contributed by atoms with Gasteiger partial charge in [-0.3, -0.25) is 9.59 Å². The van der Waals surface area contributed by atoms with Gasteiger partial charge in [-0.25, -0.2) is 0 Å². The van der Waals surface area contributed by atoms with Gasteiger partial charge in [0.1, 0.15) is 0 Å². The summed E-state index contributed by atoms with van der Waals surface area (Å²) >= 11 is 0. The molecule has 0 spiro atoms. The first-order chi connectivity index (χ1) is 9.36. The number of carboxylic acids is 1. The monoisotopic (exact) mass is 284 g/mol. The average molecular weight is 284 g/mol. The van der Waals surface area contributed by atoms with Crippen LogP contribution in [0.15, 0.2) is 0 Å². The van der Waals surface area contributed by atoms with Crippen LogP contribution in [0.4, 0.5) is 0 Å². The molecule has 0 bridgehead atoms. The zero-order chi connectivity index (χ0) is 15.3. The number of nitrogens with zero attached hydrogens (tertiary/aromatic N) is 2. The van der Waals surface area contributed by atoms with Crippen molar-refractivity contribution in [1.82, 2.24) is 9.80 Å². The molecule has 0 radical (unpaired) electrons. The van der Waals surface area contributed by atoms with Crippen molar-refractivity contribution >= 4 is 11.9 Å². The molecule has 1 saturated heterocycles. The maximum Gasteiger partial charge on any atom is 0.310 e. The van der Waals surface area contributed by atoms with Crippen LogP contribution in [0.1, 0.15) is 46.0 Å². The van der Waals surface area contributed by atoms with E-state index in [9.17, 15) is 14.7 Å². The second-order valence-electron chi connectivity index (χ2n) is 6.03. The number of hydrogen-bond donors (Lipinski definition) is 1. The molecule has 1 fully saturated rings. The van der Waals surface area contributed by atoms with Gasteiger partial charge in [-0.15, -0.1) is 0 Å². The molecule has 1 aliphatic heterocycles. The molecule has 5 heteroatoms. The third kappa shape index (κ3) is 3.72. The summed E-state index contributed by atoms with van der Waals surface area (Å²) in [5, 5.41) is 9.43. The lowest BCUT2D eigenvalue weighted by atomic mass is 9.79. The van der Waals surface area contributed by atoms with E-state index in [2.05, 4.69) is 11.9 Å². The number of carboxylic acid groups (broad SMARTS) is 1. The summed E-state index contributed by atoms with van der Waals surface area (Å²) in [4.78, 5) is 27.9. The molecule has 0 aliphatic carbocycles. The Morgan fingerprint density at radius 3 is 2.40 bits per heavy atom. The van der Waals surface area contributed by atoms with Gasteiger partial charge < -0.3 is 14.9 Å². The molecule has 1 amide bonds.